The molecule has 1 aliphatic heterocycles. The third-order valence-corrected chi connectivity index (χ3v) is 2.61. The van der Waals surface area contributed by atoms with Crippen LogP contribution in [0.4, 0.5) is 0 Å². The molecule has 0 bridgehead atoms. The zero-order valence-corrected chi connectivity index (χ0v) is 8.65. The van der Waals surface area contributed by atoms with E-state index in [9.17, 15) is 0 Å². The Kier molecular flexibility index (Phi) is 2.57. The number of nitrogens with zero attached hydrogens (tertiary/aromatic N) is 1. The third kappa shape index (κ3) is 1.86. The minimum absolute atomic E-state index is 0.226. The SMILES string of the molecule is CC(=N)C1CCCN1C(C)(C)C. The van der Waals surface area contributed by atoms with Crippen molar-refractivity contribution in [1.29, 1.82) is 5.41 Å². The summed E-state index contributed by atoms with van der Waals surface area (Å²) in [5.41, 5.74) is 1.05. The quantitative estimate of drug-likeness (QED) is 0.597. The highest BCUT2D eigenvalue weighted by Crippen LogP contribution is 2.26. The summed E-state index contributed by atoms with van der Waals surface area (Å²) in [6.07, 6.45) is 2.42. The van der Waals surface area contributed by atoms with Crippen LogP contribution in [0.15, 0.2) is 0 Å². The highest BCUT2D eigenvalue weighted by Gasteiger charge is 2.33. The Morgan fingerprint density at radius 2 is 2.00 bits per heavy atom. The topological polar surface area (TPSA) is 27.1 Å². The number of rotatable bonds is 1. The summed E-state index contributed by atoms with van der Waals surface area (Å²) in [6, 6.07) is 0.407. The van der Waals surface area contributed by atoms with Crippen LogP contribution in [0.2, 0.25) is 0 Å². The lowest BCUT2D eigenvalue weighted by atomic mass is 10.0. The number of hydrogen-bond acceptors (Lipinski definition) is 2. The van der Waals surface area contributed by atoms with Crippen molar-refractivity contribution in [2.45, 2.75) is 52.1 Å². The van der Waals surface area contributed by atoms with E-state index in [0.29, 0.717) is 6.04 Å². The van der Waals surface area contributed by atoms with Crippen molar-refractivity contribution in [2.75, 3.05) is 6.54 Å². The Hall–Kier alpha value is -0.370. The molecule has 0 saturated carbocycles. The van der Waals surface area contributed by atoms with Gasteiger partial charge in [0, 0.05) is 17.3 Å². The predicted octanol–water partition coefficient (Wildman–Crippen LogP) is 2.29. The van der Waals surface area contributed by atoms with Gasteiger partial charge in [-0.25, -0.2) is 0 Å². The first-order valence-corrected chi connectivity index (χ1v) is 4.74. The molecule has 12 heavy (non-hydrogen) atoms. The third-order valence-electron chi connectivity index (χ3n) is 2.61. The van der Waals surface area contributed by atoms with Gasteiger partial charge in [-0.15, -0.1) is 0 Å². The maximum absolute atomic E-state index is 7.66. The van der Waals surface area contributed by atoms with Crippen molar-refractivity contribution in [2.24, 2.45) is 0 Å². The van der Waals surface area contributed by atoms with Crippen molar-refractivity contribution in [3.8, 4) is 0 Å². The molecule has 1 heterocycles. The van der Waals surface area contributed by atoms with Gasteiger partial charge < -0.3 is 5.41 Å². The summed E-state index contributed by atoms with van der Waals surface area (Å²) in [6.45, 7) is 9.77. The summed E-state index contributed by atoms with van der Waals surface area (Å²) in [5, 5.41) is 7.66. The molecule has 1 unspecified atom stereocenters. The Labute approximate surface area is 75.5 Å². The Balaban J connectivity index is 2.71. The van der Waals surface area contributed by atoms with Crippen molar-refractivity contribution >= 4 is 5.71 Å². The lowest BCUT2D eigenvalue weighted by Gasteiger charge is -2.36. The van der Waals surface area contributed by atoms with E-state index in [0.717, 1.165) is 12.3 Å². The number of nitrogens with one attached hydrogen (secondary N) is 1. The molecule has 1 fully saturated rings. The van der Waals surface area contributed by atoms with E-state index in [4.69, 9.17) is 5.41 Å². The second-order valence-corrected chi connectivity index (χ2v) is 4.71. The first-order valence-electron chi connectivity index (χ1n) is 4.74. The standard InChI is InChI=1S/C10H20N2/c1-8(11)9-6-5-7-12(9)10(2,3)4/h9,11H,5-7H2,1-4H3. The molecule has 2 heteroatoms. The van der Waals surface area contributed by atoms with E-state index in [1.165, 1.54) is 12.8 Å². The van der Waals surface area contributed by atoms with Gasteiger partial charge >= 0.3 is 0 Å². The van der Waals surface area contributed by atoms with E-state index in [2.05, 4.69) is 25.7 Å². The van der Waals surface area contributed by atoms with Crippen molar-refractivity contribution in [3.63, 3.8) is 0 Å². The van der Waals surface area contributed by atoms with Crippen LogP contribution in [0, 0.1) is 5.41 Å². The summed E-state index contributed by atoms with van der Waals surface area (Å²) < 4.78 is 0. The van der Waals surface area contributed by atoms with Crippen LogP contribution in [0.3, 0.4) is 0 Å². The molecule has 1 atom stereocenters. The van der Waals surface area contributed by atoms with E-state index in [-0.39, 0.29) is 5.54 Å². The van der Waals surface area contributed by atoms with Crippen LogP contribution in [0.5, 0.6) is 0 Å². The smallest absolute Gasteiger partial charge is 0.0477 e. The number of likely N-dealkylation sites (tertiary alicyclic amines) is 1. The first-order chi connectivity index (χ1) is 5.43. The number of hydrogen-bond donors (Lipinski definition) is 1. The molecule has 70 valence electrons. The zero-order valence-electron chi connectivity index (χ0n) is 8.65. The fourth-order valence-corrected chi connectivity index (χ4v) is 2.02. The largest absolute Gasteiger partial charge is 0.308 e. The van der Waals surface area contributed by atoms with Crippen LogP contribution in [0.1, 0.15) is 40.5 Å². The van der Waals surface area contributed by atoms with Gasteiger partial charge in [0.2, 0.25) is 0 Å². The van der Waals surface area contributed by atoms with Gasteiger partial charge in [-0.1, -0.05) is 0 Å². The molecule has 0 aromatic heterocycles. The highest BCUT2D eigenvalue weighted by atomic mass is 15.2. The van der Waals surface area contributed by atoms with Crippen LogP contribution in [-0.4, -0.2) is 28.7 Å². The lowest BCUT2D eigenvalue weighted by Crippen LogP contribution is -2.47. The monoisotopic (exact) mass is 168 g/mol. The van der Waals surface area contributed by atoms with Gasteiger partial charge in [0.1, 0.15) is 0 Å². The fourth-order valence-electron chi connectivity index (χ4n) is 2.02. The van der Waals surface area contributed by atoms with Crippen LogP contribution >= 0.6 is 0 Å². The second-order valence-electron chi connectivity index (χ2n) is 4.71. The van der Waals surface area contributed by atoms with E-state index in [1.807, 2.05) is 6.92 Å². The van der Waals surface area contributed by atoms with Gasteiger partial charge in [-0.05, 0) is 47.1 Å². The van der Waals surface area contributed by atoms with Gasteiger partial charge in [0.25, 0.3) is 0 Å². The minimum atomic E-state index is 0.226. The molecule has 1 rings (SSSR count). The Morgan fingerprint density at radius 3 is 2.33 bits per heavy atom. The Bertz CT molecular complexity index is 179. The van der Waals surface area contributed by atoms with Crippen molar-refractivity contribution in [3.05, 3.63) is 0 Å². The van der Waals surface area contributed by atoms with Crippen LogP contribution in [0.25, 0.3) is 0 Å². The molecule has 0 aliphatic carbocycles. The second kappa shape index (κ2) is 3.17. The summed E-state index contributed by atoms with van der Waals surface area (Å²) in [7, 11) is 0. The van der Waals surface area contributed by atoms with Crippen molar-refractivity contribution < 1.29 is 0 Å². The summed E-state index contributed by atoms with van der Waals surface area (Å²) in [5.74, 6) is 0. The first kappa shape index (κ1) is 9.72. The molecule has 0 radical (unpaired) electrons. The molecule has 1 aliphatic rings. The van der Waals surface area contributed by atoms with Gasteiger partial charge in [-0.3, -0.25) is 4.90 Å². The molecular formula is C10H20N2. The highest BCUT2D eigenvalue weighted by molar-refractivity contribution is 5.84. The summed E-state index contributed by atoms with van der Waals surface area (Å²) >= 11 is 0. The average Bonchev–Trinajstić information content (AvgIpc) is 2.30. The lowest BCUT2D eigenvalue weighted by molar-refractivity contribution is 0.151. The van der Waals surface area contributed by atoms with E-state index in [1.54, 1.807) is 0 Å². The molecule has 0 amide bonds. The van der Waals surface area contributed by atoms with Gasteiger partial charge in [0.15, 0.2) is 0 Å². The molecule has 0 spiro atoms. The van der Waals surface area contributed by atoms with Crippen LogP contribution < -0.4 is 0 Å². The molecule has 0 aromatic carbocycles. The van der Waals surface area contributed by atoms with Gasteiger partial charge in [-0.2, -0.15) is 0 Å². The maximum atomic E-state index is 7.66. The molecule has 1 saturated heterocycles. The average molecular weight is 168 g/mol. The normalized spacial score (nSPS) is 26.2. The molecule has 1 N–H and O–H groups in total. The van der Waals surface area contributed by atoms with Crippen LogP contribution in [-0.2, 0) is 0 Å². The maximum Gasteiger partial charge on any atom is 0.0477 e. The van der Waals surface area contributed by atoms with Gasteiger partial charge in [0.05, 0.1) is 0 Å². The molecule has 0 aromatic rings. The Morgan fingerprint density at radius 1 is 1.42 bits per heavy atom. The van der Waals surface area contributed by atoms with E-state index < -0.39 is 0 Å². The zero-order chi connectivity index (χ0) is 9.35. The fraction of sp³-hybridized carbons (Fsp3) is 0.900. The summed E-state index contributed by atoms with van der Waals surface area (Å²) in [4.78, 5) is 2.44. The molecular weight excluding hydrogens is 148 g/mol. The minimum Gasteiger partial charge on any atom is -0.308 e. The molecule has 2 nitrogen and oxygen atoms in total. The predicted molar refractivity (Wildman–Crippen MR) is 52.9 cm³/mol. The van der Waals surface area contributed by atoms with Crippen molar-refractivity contribution in [1.82, 2.24) is 4.90 Å². The van der Waals surface area contributed by atoms with E-state index >= 15 is 0 Å².